The summed E-state index contributed by atoms with van der Waals surface area (Å²) in [5.41, 5.74) is 0.942. The number of hydrogen-bond donors (Lipinski definition) is 0. The summed E-state index contributed by atoms with van der Waals surface area (Å²) in [4.78, 5) is 8.49. The Balaban J connectivity index is 2.06. The zero-order chi connectivity index (χ0) is 13.0. The Morgan fingerprint density at radius 3 is 2.44 bits per heavy atom. The fourth-order valence-corrected chi connectivity index (χ4v) is 1.52. The van der Waals surface area contributed by atoms with Crippen molar-refractivity contribution in [1.29, 1.82) is 0 Å². The molecule has 1 aromatic heterocycles. The molecule has 0 bridgehead atoms. The molecule has 0 atom stereocenters. The van der Waals surface area contributed by atoms with E-state index in [1.54, 1.807) is 0 Å². The maximum absolute atomic E-state index is 5.26. The third-order valence-corrected chi connectivity index (χ3v) is 2.66. The number of likely N-dealkylation sites (N-methyl/N-ethyl adjacent to an activating group) is 2. The van der Waals surface area contributed by atoms with Crippen LogP contribution >= 0.6 is 0 Å². The highest BCUT2D eigenvalue weighted by atomic mass is 16.5. The first-order chi connectivity index (χ1) is 8.66. The molecule has 0 unspecified atom stereocenters. The van der Waals surface area contributed by atoms with Crippen LogP contribution in [0.2, 0.25) is 0 Å². The van der Waals surface area contributed by atoms with E-state index in [0.717, 1.165) is 18.7 Å². The van der Waals surface area contributed by atoms with Gasteiger partial charge in [-0.2, -0.15) is 4.98 Å². The zero-order valence-corrected chi connectivity index (χ0v) is 11.0. The number of nitrogens with zero attached hydrogens (tertiary/aromatic N) is 4. The Bertz CT molecular complexity index is 481. The van der Waals surface area contributed by atoms with Gasteiger partial charge >= 0.3 is 0 Å². The van der Waals surface area contributed by atoms with E-state index in [2.05, 4.69) is 15.0 Å². The van der Waals surface area contributed by atoms with Crippen molar-refractivity contribution >= 4 is 5.95 Å². The average Bonchev–Trinajstić information content (AvgIpc) is 2.86. The Hall–Kier alpha value is -1.88. The zero-order valence-electron chi connectivity index (χ0n) is 11.0. The minimum atomic E-state index is 0.558. The molecular weight excluding hydrogens is 228 g/mol. The summed E-state index contributed by atoms with van der Waals surface area (Å²) in [6.07, 6.45) is 0. The highest BCUT2D eigenvalue weighted by molar-refractivity contribution is 5.53. The molecule has 0 spiro atoms. The Morgan fingerprint density at radius 2 is 1.78 bits per heavy atom. The van der Waals surface area contributed by atoms with Gasteiger partial charge in [0.05, 0.1) is 0 Å². The number of rotatable bonds is 5. The van der Waals surface area contributed by atoms with Crippen LogP contribution in [-0.2, 0) is 0 Å². The molecule has 0 aliphatic rings. The van der Waals surface area contributed by atoms with E-state index in [1.807, 2.05) is 56.4 Å². The van der Waals surface area contributed by atoms with Gasteiger partial charge in [-0.05, 0) is 31.4 Å². The number of anilines is 1. The molecule has 0 aliphatic heterocycles. The van der Waals surface area contributed by atoms with Crippen LogP contribution in [-0.4, -0.2) is 49.3 Å². The molecule has 5 nitrogen and oxygen atoms in total. The first kappa shape index (κ1) is 12.6. The van der Waals surface area contributed by atoms with Crippen molar-refractivity contribution in [2.45, 2.75) is 0 Å². The molecule has 2 rings (SSSR count). The van der Waals surface area contributed by atoms with Crippen LogP contribution in [0, 0.1) is 0 Å². The number of aromatic nitrogens is 2. The van der Waals surface area contributed by atoms with Crippen LogP contribution in [0.4, 0.5) is 5.95 Å². The molecule has 5 heteroatoms. The summed E-state index contributed by atoms with van der Waals surface area (Å²) in [5, 5.41) is 3.99. The van der Waals surface area contributed by atoms with Gasteiger partial charge in [0, 0.05) is 25.7 Å². The van der Waals surface area contributed by atoms with Crippen molar-refractivity contribution in [3.63, 3.8) is 0 Å². The largest absolute Gasteiger partial charge is 0.340 e. The molecule has 1 aromatic carbocycles. The summed E-state index contributed by atoms with van der Waals surface area (Å²) < 4.78 is 5.26. The van der Waals surface area contributed by atoms with E-state index in [-0.39, 0.29) is 0 Å². The molecule has 0 saturated heterocycles. The van der Waals surface area contributed by atoms with Crippen LogP contribution in [0.15, 0.2) is 34.9 Å². The van der Waals surface area contributed by atoms with E-state index in [0.29, 0.717) is 11.8 Å². The number of benzene rings is 1. The lowest BCUT2D eigenvalue weighted by Crippen LogP contribution is -2.29. The smallest absolute Gasteiger partial charge is 0.266 e. The average molecular weight is 246 g/mol. The van der Waals surface area contributed by atoms with Gasteiger partial charge in [-0.25, -0.2) is 0 Å². The molecule has 0 amide bonds. The maximum atomic E-state index is 5.26. The van der Waals surface area contributed by atoms with Crippen molar-refractivity contribution in [3.8, 4) is 11.5 Å². The molecule has 0 radical (unpaired) electrons. The minimum absolute atomic E-state index is 0.558. The van der Waals surface area contributed by atoms with Crippen LogP contribution in [0.5, 0.6) is 0 Å². The van der Waals surface area contributed by atoms with Crippen LogP contribution in [0.3, 0.4) is 0 Å². The quantitative estimate of drug-likeness (QED) is 0.804. The second kappa shape index (κ2) is 5.64. The van der Waals surface area contributed by atoms with E-state index in [4.69, 9.17) is 4.52 Å². The van der Waals surface area contributed by atoms with Gasteiger partial charge in [-0.1, -0.05) is 18.2 Å². The first-order valence-electron chi connectivity index (χ1n) is 5.92. The molecule has 96 valence electrons. The van der Waals surface area contributed by atoms with Gasteiger partial charge < -0.3 is 14.3 Å². The Morgan fingerprint density at radius 1 is 1.06 bits per heavy atom. The standard InChI is InChI=1S/C13H18N4O/c1-16(2)9-10-17(3)13-14-12(18-15-13)11-7-5-4-6-8-11/h4-8H,9-10H2,1-3H3. The minimum Gasteiger partial charge on any atom is -0.340 e. The third kappa shape index (κ3) is 3.07. The van der Waals surface area contributed by atoms with Gasteiger partial charge in [-0.15, -0.1) is 0 Å². The monoisotopic (exact) mass is 246 g/mol. The molecule has 18 heavy (non-hydrogen) atoms. The Labute approximate surface area is 107 Å². The lowest BCUT2D eigenvalue weighted by atomic mass is 10.2. The fraction of sp³-hybridized carbons (Fsp3) is 0.385. The highest BCUT2D eigenvalue weighted by Crippen LogP contribution is 2.18. The molecule has 0 fully saturated rings. The predicted octanol–water partition coefficient (Wildman–Crippen LogP) is 1.73. The van der Waals surface area contributed by atoms with Gasteiger partial charge in [0.1, 0.15) is 0 Å². The summed E-state index contributed by atoms with van der Waals surface area (Å²) >= 11 is 0. The topological polar surface area (TPSA) is 45.4 Å². The SMILES string of the molecule is CN(C)CCN(C)c1noc(-c2ccccc2)n1. The fourth-order valence-electron chi connectivity index (χ4n) is 1.52. The summed E-state index contributed by atoms with van der Waals surface area (Å²) in [6, 6.07) is 9.78. The molecule has 0 aliphatic carbocycles. The van der Waals surface area contributed by atoms with Gasteiger partial charge in [0.2, 0.25) is 0 Å². The van der Waals surface area contributed by atoms with Gasteiger partial charge in [-0.3, -0.25) is 0 Å². The first-order valence-corrected chi connectivity index (χ1v) is 5.92. The van der Waals surface area contributed by atoms with Crippen LogP contribution < -0.4 is 4.90 Å². The summed E-state index contributed by atoms with van der Waals surface area (Å²) in [6.45, 7) is 1.81. The molecule has 2 aromatic rings. The van der Waals surface area contributed by atoms with Crippen molar-refractivity contribution < 1.29 is 4.52 Å². The van der Waals surface area contributed by atoms with E-state index in [9.17, 15) is 0 Å². The van der Waals surface area contributed by atoms with Crippen molar-refractivity contribution in [3.05, 3.63) is 30.3 Å². The number of hydrogen-bond acceptors (Lipinski definition) is 5. The lowest BCUT2D eigenvalue weighted by Gasteiger charge is -2.16. The van der Waals surface area contributed by atoms with Gasteiger partial charge in [0.15, 0.2) is 0 Å². The summed E-state index contributed by atoms with van der Waals surface area (Å²) in [7, 11) is 6.04. The second-order valence-corrected chi connectivity index (χ2v) is 4.49. The lowest BCUT2D eigenvalue weighted by molar-refractivity contribution is 0.409. The van der Waals surface area contributed by atoms with E-state index >= 15 is 0 Å². The van der Waals surface area contributed by atoms with Crippen LogP contribution in [0.25, 0.3) is 11.5 Å². The van der Waals surface area contributed by atoms with E-state index < -0.39 is 0 Å². The van der Waals surface area contributed by atoms with Crippen molar-refractivity contribution in [2.75, 3.05) is 39.1 Å². The van der Waals surface area contributed by atoms with Crippen LogP contribution in [0.1, 0.15) is 0 Å². The molecule has 1 heterocycles. The normalized spacial score (nSPS) is 10.9. The summed E-state index contributed by atoms with van der Waals surface area (Å²) in [5.74, 6) is 1.18. The molecular formula is C13H18N4O. The van der Waals surface area contributed by atoms with Crippen molar-refractivity contribution in [1.82, 2.24) is 15.0 Å². The van der Waals surface area contributed by atoms with Gasteiger partial charge in [0.25, 0.3) is 11.8 Å². The highest BCUT2D eigenvalue weighted by Gasteiger charge is 2.11. The van der Waals surface area contributed by atoms with Crippen molar-refractivity contribution in [2.24, 2.45) is 0 Å². The third-order valence-electron chi connectivity index (χ3n) is 2.66. The Kier molecular flexibility index (Phi) is 3.94. The molecule has 0 saturated carbocycles. The molecule has 0 N–H and O–H groups in total. The predicted molar refractivity (Wildman–Crippen MR) is 71.6 cm³/mol. The second-order valence-electron chi connectivity index (χ2n) is 4.49. The van der Waals surface area contributed by atoms with E-state index in [1.165, 1.54) is 0 Å². The maximum Gasteiger partial charge on any atom is 0.266 e.